The summed E-state index contributed by atoms with van der Waals surface area (Å²) < 4.78 is 8.25. The van der Waals surface area contributed by atoms with E-state index in [2.05, 4.69) is 77.2 Å². The molecule has 1 aromatic rings. The Bertz CT molecular complexity index is 577. The second-order valence-corrected chi connectivity index (χ2v) is 19.4. The molecular formula is C18H29Cl2OSiTi. The Morgan fingerprint density at radius 2 is 1.78 bits per heavy atom. The van der Waals surface area contributed by atoms with Gasteiger partial charge in [0.2, 0.25) is 0 Å². The Morgan fingerprint density at radius 3 is 2.26 bits per heavy atom. The molecule has 0 unspecified atom stereocenters. The Kier molecular flexibility index (Phi) is 9.49. The van der Waals surface area contributed by atoms with Crippen LogP contribution in [0.2, 0.25) is 13.1 Å². The summed E-state index contributed by atoms with van der Waals surface area (Å²) in [6, 6.07) is 8.74. The molecule has 1 nitrogen and oxygen atoms in total. The molecular weight excluding hydrogens is 379 g/mol. The minimum absolute atomic E-state index is 0. The van der Waals surface area contributed by atoms with Crippen LogP contribution in [0.1, 0.15) is 39.7 Å². The summed E-state index contributed by atoms with van der Waals surface area (Å²) in [6.07, 6.45) is 5.70. The minimum atomic E-state index is -1.58. The molecule has 0 saturated carbocycles. The van der Waals surface area contributed by atoms with Crippen molar-refractivity contribution in [2.75, 3.05) is 0 Å². The van der Waals surface area contributed by atoms with Crippen LogP contribution in [0.5, 0.6) is 5.75 Å². The van der Waals surface area contributed by atoms with E-state index in [0.717, 1.165) is 12.2 Å². The normalized spacial score (nSPS) is 13.7. The van der Waals surface area contributed by atoms with Gasteiger partial charge < -0.3 is 0 Å². The molecule has 0 spiro atoms. The molecule has 0 N–H and O–H groups in total. The molecule has 0 radical (unpaired) electrons. The van der Waals surface area contributed by atoms with Gasteiger partial charge in [-0.15, -0.1) is 24.8 Å². The molecule has 0 amide bonds. The first-order chi connectivity index (χ1) is 9.79. The fourth-order valence-corrected chi connectivity index (χ4v) is 11.9. The molecule has 0 aliphatic heterocycles. The molecule has 1 aromatic carbocycles. The Morgan fingerprint density at radius 1 is 1.13 bits per heavy atom. The zero-order valence-electron chi connectivity index (χ0n) is 15.0. The van der Waals surface area contributed by atoms with E-state index in [1.54, 1.807) is 3.88 Å². The summed E-state index contributed by atoms with van der Waals surface area (Å²) in [5, 5.41) is 0. The molecule has 2 rings (SSSR count). The summed E-state index contributed by atoms with van der Waals surface area (Å²) in [5.74, 6) is 1.09. The second kappa shape index (κ2) is 9.48. The molecule has 5 heteroatoms. The van der Waals surface area contributed by atoms with Gasteiger partial charge in [0.15, 0.2) is 0 Å². The summed E-state index contributed by atoms with van der Waals surface area (Å²) in [7, 11) is 0. The van der Waals surface area contributed by atoms with Crippen molar-refractivity contribution in [2.45, 2.75) is 52.6 Å². The second-order valence-electron chi connectivity index (χ2n) is 7.17. The predicted molar refractivity (Wildman–Crippen MR) is 106 cm³/mol. The van der Waals surface area contributed by atoms with E-state index in [1.165, 1.54) is 11.1 Å². The molecule has 1 aliphatic carbocycles. The van der Waals surface area contributed by atoms with Crippen LogP contribution in [-0.4, -0.2) is 6.66 Å². The van der Waals surface area contributed by atoms with Gasteiger partial charge in [0.05, 0.1) is 0 Å². The Balaban J connectivity index is 0.00000242. The zero-order valence-corrected chi connectivity index (χ0v) is 19.3. The zero-order chi connectivity index (χ0) is 15.6. The maximum atomic E-state index is 6.60. The van der Waals surface area contributed by atoms with Crippen molar-refractivity contribution in [1.29, 1.82) is 0 Å². The number of hydrogen-bond donors (Lipinski definition) is 0. The number of benzene rings is 1. The Labute approximate surface area is 161 Å². The van der Waals surface area contributed by atoms with E-state index in [9.17, 15) is 0 Å². The monoisotopic (exact) mass is 407 g/mol. The summed E-state index contributed by atoms with van der Waals surface area (Å²) in [5.41, 5.74) is 3.01. The van der Waals surface area contributed by atoms with Gasteiger partial charge >= 0.3 is 137 Å². The first-order valence-electron chi connectivity index (χ1n) is 7.81. The fourth-order valence-electron chi connectivity index (χ4n) is 2.59. The number of halogens is 2. The summed E-state index contributed by atoms with van der Waals surface area (Å²) >= 11 is -1.58. The smallest absolute Gasteiger partial charge is 0.147 e. The average Bonchev–Trinajstić information content (AvgIpc) is 2.81. The molecule has 0 heterocycles. The van der Waals surface area contributed by atoms with Gasteiger partial charge in [-0.2, -0.15) is 0 Å². The van der Waals surface area contributed by atoms with Crippen LogP contribution < -0.4 is 3.32 Å². The SMILES string of the molecule is CC1=[C]([Ti]([O]c2cccc(C(C)(C)C)c2)[SiH](C)C)CC=C1.Cl.Cl. The molecule has 0 saturated heterocycles. The molecule has 23 heavy (non-hydrogen) atoms. The van der Waals surface area contributed by atoms with Gasteiger partial charge in [-0.1, -0.05) is 0 Å². The molecule has 0 bridgehead atoms. The Hall–Kier alpha value is 0.0112. The molecule has 129 valence electrons. The van der Waals surface area contributed by atoms with Crippen molar-refractivity contribution in [1.82, 2.24) is 0 Å². The largest absolute Gasteiger partial charge is 0.147 e. The number of rotatable bonds is 4. The van der Waals surface area contributed by atoms with Crippen LogP contribution in [0.4, 0.5) is 0 Å². The predicted octanol–water partition coefficient (Wildman–Crippen LogP) is 5.96. The molecule has 0 atom stereocenters. The third-order valence-corrected chi connectivity index (χ3v) is 14.4. The molecule has 0 aromatic heterocycles. The maximum absolute atomic E-state index is 6.60. The number of allylic oxidation sites excluding steroid dienone is 4. The molecule has 0 fully saturated rings. The number of hydrogen-bond acceptors (Lipinski definition) is 1. The van der Waals surface area contributed by atoms with Crippen molar-refractivity contribution in [3.8, 4) is 5.75 Å². The van der Waals surface area contributed by atoms with Gasteiger partial charge in [-0.3, -0.25) is 0 Å². The topological polar surface area (TPSA) is 9.23 Å². The van der Waals surface area contributed by atoms with E-state index in [1.807, 2.05) is 0 Å². The van der Waals surface area contributed by atoms with Crippen molar-refractivity contribution >= 4 is 31.5 Å². The van der Waals surface area contributed by atoms with Gasteiger partial charge in [0.25, 0.3) is 0 Å². The van der Waals surface area contributed by atoms with Crippen LogP contribution in [-0.2, 0) is 22.9 Å². The van der Waals surface area contributed by atoms with E-state index >= 15 is 0 Å². The third-order valence-electron chi connectivity index (χ3n) is 3.92. The minimum Gasteiger partial charge on any atom is -0.147 e. The fraction of sp³-hybridized carbons (Fsp3) is 0.444. The van der Waals surface area contributed by atoms with Crippen LogP contribution >= 0.6 is 24.8 Å². The summed E-state index contributed by atoms with van der Waals surface area (Å²) in [6.45, 7) is 13.2. The van der Waals surface area contributed by atoms with Crippen molar-refractivity contribution in [3.05, 3.63) is 51.4 Å². The van der Waals surface area contributed by atoms with E-state index in [0.29, 0.717) is 0 Å². The van der Waals surface area contributed by atoms with E-state index in [-0.39, 0.29) is 30.2 Å². The first-order valence-corrected chi connectivity index (χ1v) is 14.8. The first kappa shape index (κ1) is 23.0. The van der Waals surface area contributed by atoms with Crippen LogP contribution in [0.25, 0.3) is 0 Å². The van der Waals surface area contributed by atoms with Gasteiger partial charge in [-0.25, -0.2) is 0 Å². The van der Waals surface area contributed by atoms with Crippen LogP contribution in [0.3, 0.4) is 0 Å². The van der Waals surface area contributed by atoms with Gasteiger partial charge in [-0.05, 0) is 0 Å². The standard InChI is InChI=1S/C10H14O.C6H7.C2H7Si.2ClH.Ti/c1-10(2,3)8-5-4-6-9(11)7-8;1-6-4-2-3-5-6;1-3-2;;;/h4-7,11H,1-3H3;2,4H,3H2,1H3;3H,1-2H3;2*1H;/q;;;;;+1/p-1. The maximum Gasteiger partial charge on any atom is -0.147 e. The third kappa shape index (κ3) is 6.10. The van der Waals surface area contributed by atoms with Crippen molar-refractivity contribution < 1.29 is 20.8 Å². The van der Waals surface area contributed by atoms with E-state index < -0.39 is 24.2 Å². The molecule has 1 aliphatic rings. The van der Waals surface area contributed by atoms with Crippen molar-refractivity contribution in [3.63, 3.8) is 0 Å². The average molecular weight is 408 g/mol. The van der Waals surface area contributed by atoms with Crippen LogP contribution in [0.15, 0.2) is 45.9 Å². The van der Waals surface area contributed by atoms with Gasteiger partial charge in [0, 0.05) is 0 Å². The van der Waals surface area contributed by atoms with E-state index in [4.69, 9.17) is 3.32 Å². The van der Waals surface area contributed by atoms with Crippen molar-refractivity contribution in [2.24, 2.45) is 0 Å². The van der Waals surface area contributed by atoms with Gasteiger partial charge in [0.1, 0.15) is 0 Å². The quantitative estimate of drug-likeness (QED) is 0.559. The summed E-state index contributed by atoms with van der Waals surface area (Å²) in [4.78, 5) is 0. The van der Waals surface area contributed by atoms with Crippen LogP contribution in [0, 0.1) is 0 Å².